The van der Waals surface area contributed by atoms with E-state index in [4.69, 9.17) is 10.8 Å². The second-order valence-electron chi connectivity index (χ2n) is 3.45. The number of hydrogen-bond donors (Lipinski definition) is 2. The van der Waals surface area contributed by atoms with Crippen molar-refractivity contribution < 1.29 is 9.90 Å². The van der Waals surface area contributed by atoms with E-state index in [0.717, 1.165) is 0 Å². The molecule has 0 amide bonds. The topological polar surface area (TPSA) is 75.7 Å². The highest BCUT2D eigenvalue weighted by atomic mass is 16.4. The predicted molar refractivity (Wildman–Crippen MR) is 57.3 cm³/mol. The van der Waals surface area contributed by atoms with E-state index in [1.54, 1.807) is 12.3 Å². The monoisotopic (exact) mass is 198 g/mol. The summed E-state index contributed by atoms with van der Waals surface area (Å²) in [5, 5.41) is 8.60. The normalized spacial score (nSPS) is 15.1. The van der Waals surface area contributed by atoms with E-state index in [9.17, 15) is 4.79 Å². The summed E-state index contributed by atoms with van der Waals surface area (Å²) in [5.41, 5.74) is 6.10. The molecular formula is C10H18N2O2. The molecule has 0 unspecified atom stereocenters. The van der Waals surface area contributed by atoms with E-state index in [1.807, 2.05) is 20.8 Å². The molecule has 0 bridgehead atoms. The van der Waals surface area contributed by atoms with Crippen molar-refractivity contribution in [2.24, 2.45) is 16.6 Å². The van der Waals surface area contributed by atoms with E-state index in [-0.39, 0.29) is 6.42 Å². The number of rotatable bonds is 5. The zero-order chi connectivity index (χ0) is 11.1. The number of nitrogens with zero attached hydrogens (tertiary/aromatic N) is 1. The summed E-state index contributed by atoms with van der Waals surface area (Å²) in [5.74, 6) is -0.643. The molecule has 0 fully saturated rings. The Morgan fingerprint density at radius 1 is 1.57 bits per heavy atom. The van der Waals surface area contributed by atoms with E-state index in [1.165, 1.54) is 0 Å². The molecule has 0 saturated carbocycles. The SMILES string of the molecule is C/C=C(C[C@@H](N)C(=O)O)\N=C/C(C)C. The first-order chi connectivity index (χ1) is 6.47. The fourth-order valence-corrected chi connectivity index (χ4v) is 0.803. The van der Waals surface area contributed by atoms with Gasteiger partial charge in [0.05, 0.1) is 0 Å². The van der Waals surface area contributed by atoms with Crippen molar-refractivity contribution in [1.29, 1.82) is 0 Å². The van der Waals surface area contributed by atoms with Crippen molar-refractivity contribution in [3.63, 3.8) is 0 Å². The van der Waals surface area contributed by atoms with Gasteiger partial charge in [0.1, 0.15) is 6.04 Å². The van der Waals surface area contributed by atoms with Crippen molar-refractivity contribution in [2.45, 2.75) is 33.2 Å². The van der Waals surface area contributed by atoms with Gasteiger partial charge in [-0.05, 0) is 12.8 Å². The number of allylic oxidation sites excluding steroid dienone is 1. The van der Waals surface area contributed by atoms with Crippen molar-refractivity contribution in [3.05, 3.63) is 11.8 Å². The Labute approximate surface area is 84.5 Å². The zero-order valence-electron chi connectivity index (χ0n) is 8.90. The summed E-state index contributed by atoms with van der Waals surface area (Å²) in [4.78, 5) is 14.6. The molecule has 0 aromatic rings. The zero-order valence-corrected chi connectivity index (χ0v) is 8.90. The van der Waals surface area contributed by atoms with E-state index < -0.39 is 12.0 Å². The van der Waals surface area contributed by atoms with Gasteiger partial charge < -0.3 is 10.8 Å². The Morgan fingerprint density at radius 3 is 2.50 bits per heavy atom. The van der Waals surface area contributed by atoms with Crippen LogP contribution in [0.15, 0.2) is 16.8 Å². The largest absolute Gasteiger partial charge is 0.480 e. The van der Waals surface area contributed by atoms with Gasteiger partial charge in [-0.1, -0.05) is 19.9 Å². The van der Waals surface area contributed by atoms with Gasteiger partial charge >= 0.3 is 5.97 Å². The first-order valence-electron chi connectivity index (χ1n) is 4.65. The molecule has 0 rings (SSSR count). The van der Waals surface area contributed by atoms with Crippen LogP contribution in [0.1, 0.15) is 27.2 Å². The molecule has 0 aliphatic heterocycles. The van der Waals surface area contributed by atoms with Crippen molar-refractivity contribution >= 4 is 12.2 Å². The highest BCUT2D eigenvalue weighted by Crippen LogP contribution is 2.06. The average molecular weight is 198 g/mol. The molecule has 0 aliphatic carbocycles. The third kappa shape index (κ3) is 5.48. The summed E-state index contributed by atoms with van der Waals surface area (Å²) in [6.07, 6.45) is 3.83. The summed E-state index contributed by atoms with van der Waals surface area (Å²) >= 11 is 0. The van der Waals surface area contributed by atoms with Gasteiger partial charge in [-0.25, -0.2) is 0 Å². The highest BCUT2D eigenvalue weighted by Gasteiger charge is 2.12. The number of carboxylic acid groups (broad SMARTS) is 1. The van der Waals surface area contributed by atoms with Crippen molar-refractivity contribution in [1.82, 2.24) is 0 Å². The lowest BCUT2D eigenvalue weighted by Crippen LogP contribution is -2.30. The fraction of sp³-hybridized carbons (Fsp3) is 0.600. The Hall–Kier alpha value is -1.16. The van der Waals surface area contributed by atoms with Gasteiger partial charge in [-0.15, -0.1) is 0 Å². The molecule has 0 heterocycles. The van der Waals surface area contributed by atoms with Gasteiger partial charge in [0.25, 0.3) is 0 Å². The quantitative estimate of drug-likeness (QED) is 0.656. The molecule has 0 aromatic carbocycles. The summed E-state index contributed by atoms with van der Waals surface area (Å²) in [7, 11) is 0. The maximum Gasteiger partial charge on any atom is 0.320 e. The molecule has 0 spiro atoms. The van der Waals surface area contributed by atoms with Gasteiger partial charge in [0, 0.05) is 18.3 Å². The maximum absolute atomic E-state index is 10.5. The molecule has 4 heteroatoms. The van der Waals surface area contributed by atoms with Gasteiger partial charge in [0.2, 0.25) is 0 Å². The van der Waals surface area contributed by atoms with Crippen LogP contribution in [0.3, 0.4) is 0 Å². The highest BCUT2D eigenvalue weighted by molar-refractivity contribution is 5.73. The Morgan fingerprint density at radius 2 is 2.14 bits per heavy atom. The number of aliphatic carboxylic acids is 1. The number of nitrogens with two attached hydrogens (primary N) is 1. The molecule has 80 valence electrons. The number of aliphatic imine (C=N–C) groups is 1. The smallest absolute Gasteiger partial charge is 0.320 e. The molecular weight excluding hydrogens is 180 g/mol. The lowest BCUT2D eigenvalue weighted by molar-refractivity contribution is -0.138. The van der Waals surface area contributed by atoms with E-state index in [0.29, 0.717) is 11.6 Å². The molecule has 0 aromatic heterocycles. The fourth-order valence-electron chi connectivity index (χ4n) is 0.803. The van der Waals surface area contributed by atoms with Crippen LogP contribution in [0.2, 0.25) is 0 Å². The molecule has 4 nitrogen and oxygen atoms in total. The molecule has 1 atom stereocenters. The molecule has 3 N–H and O–H groups in total. The minimum atomic E-state index is -0.996. The lowest BCUT2D eigenvalue weighted by Gasteiger charge is -2.06. The second-order valence-corrected chi connectivity index (χ2v) is 3.45. The average Bonchev–Trinajstić information content (AvgIpc) is 2.11. The third-order valence-electron chi connectivity index (χ3n) is 1.62. The van der Waals surface area contributed by atoms with Crippen LogP contribution in [-0.2, 0) is 4.79 Å². The minimum absolute atomic E-state index is 0.273. The first-order valence-corrected chi connectivity index (χ1v) is 4.65. The molecule has 0 saturated heterocycles. The molecule has 14 heavy (non-hydrogen) atoms. The summed E-state index contributed by atoms with van der Waals surface area (Å²) in [6.45, 7) is 5.84. The second kappa shape index (κ2) is 6.32. The third-order valence-corrected chi connectivity index (χ3v) is 1.62. The standard InChI is InChI=1S/C10H18N2O2/c1-4-8(12-6-7(2)3)5-9(11)10(13)14/h4,6-7,9H,5,11H2,1-3H3,(H,13,14)/b8-4-,12-6-/t9-/m1/s1. The predicted octanol–water partition coefficient (Wildman–Crippen LogP) is 1.42. The number of hydrogen-bond acceptors (Lipinski definition) is 3. The minimum Gasteiger partial charge on any atom is -0.480 e. The van der Waals surface area contributed by atoms with Crippen LogP contribution >= 0.6 is 0 Å². The van der Waals surface area contributed by atoms with Gasteiger partial charge in [-0.2, -0.15) is 0 Å². The van der Waals surface area contributed by atoms with Crippen molar-refractivity contribution in [3.8, 4) is 0 Å². The van der Waals surface area contributed by atoms with Crippen LogP contribution < -0.4 is 5.73 Å². The van der Waals surface area contributed by atoms with Crippen LogP contribution in [0, 0.1) is 5.92 Å². The van der Waals surface area contributed by atoms with E-state index in [2.05, 4.69) is 4.99 Å². The van der Waals surface area contributed by atoms with Crippen LogP contribution in [0.5, 0.6) is 0 Å². The summed E-state index contributed by atoms with van der Waals surface area (Å²) in [6, 6.07) is -0.870. The van der Waals surface area contributed by atoms with Gasteiger partial charge in [-0.3, -0.25) is 9.79 Å². The Bertz CT molecular complexity index is 245. The number of carboxylic acids is 1. The van der Waals surface area contributed by atoms with Crippen molar-refractivity contribution in [2.75, 3.05) is 0 Å². The van der Waals surface area contributed by atoms with Crippen LogP contribution in [0.4, 0.5) is 0 Å². The number of carbonyl (C=O) groups is 1. The van der Waals surface area contributed by atoms with Crippen LogP contribution in [0.25, 0.3) is 0 Å². The van der Waals surface area contributed by atoms with Gasteiger partial charge in [0.15, 0.2) is 0 Å². The summed E-state index contributed by atoms with van der Waals surface area (Å²) < 4.78 is 0. The molecule has 0 radical (unpaired) electrons. The van der Waals surface area contributed by atoms with E-state index >= 15 is 0 Å². The first kappa shape index (κ1) is 12.8. The van der Waals surface area contributed by atoms with Crippen LogP contribution in [-0.4, -0.2) is 23.3 Å². The molecule has 0 aliphatic rings. The maximum atomic E-state index is 10.5. The Kier molecular flexibility index (Phi) is 5.79. The Balaban J connectivity index is 4.25. The lowest BCUT2D eigenvalue weighted by atomic mass is 10.1.